The lowest BCUT2D eigenvalue weighted by molar-refractivity contribution is -0.396. The van der Waals surface area contributed by atoms with Gasteiger partial charge in [0.1, 0.15) is 5.56 Å². The highest BCUT2D eigenvalue weighted by Gasteiger charge is 2.34. The lowest BCUT2D eigenvalue weighted by atomic mass is 9.79. The van der Waals surface area contributed by atoms with Crippen molar-refractivity contribution in [3.05, 3.63) is 43.0 Å². The lowest BCUT2D eigenvalue weighted by Crippen LogP contribution is -2.19. The summed E-state index contributed by atoms with van der Waals surface area (Å²) in [6, 6.07) is 1.58. The number of nitro benzene ring substituents is 2. The average molecular weight is 266 g/mol. The second-order valence-corrected chi connectivity index (χ2v) is 5.31. The van der Waals surface area contributed by atoms with E-state index in [9.17, 15) is 20.2 Å². The maximum Gasteiger partial charge on any atom is 0.282 e. The number of nitrogens with zero attached hydrogens (tertiary/aromatic N) is 2. The standard InChI is InChI=1S/C13H18N2O4/c1-6-13(4,5)10-7-8(2)11(14(16)17)9(3)12(10)15(18)19/h7H,6H2,1-5H3. The fourth-order valence-corrected chi connectivity index (χ4v) is 2.19. The van der Waals surface area contributed by atoms with E-state index in [1.807, 2.05) is 20.8 Å². The number of hydrogen-bond acceptors (Lipinski definition) is 4. The van der Waals surface area contributed by atoms with Gasteiger partial charge >= 0.3 is 0 Å². The first-order valence-electron chi connectivity index (χ1n) is 6.07. The van der Waals surface area contributed by atoms with Crippen LogP contribution in [-0.4, -0.2) is 9.85 Å². The first-order valence-corrected chi connectivity index (χ1v) is 6.07. The molecule has 104 valence electrons. The molecule has 1 aromatic carbocycles. The fraction of sp³-hybridized carbons (Fsp3) is 0.538. The normalized spacial score (nSPS) is 11.4. The van der Waals surface area contributed by atoms with Gasteiger partial charge in [-0.15, -0.1) is 0 Å². The van der Waals surface area contributed by atoms with Crippen molar-refractivity contribution in [2.24, 2.45) is 0 Å². The van der Waals surface area contributed by atoms with Gasteiger partial charge in [-0.2, -0.15) is 0 Å². The minimum absolute atomic E-state index is 0.131. The Labute approximate surface area is 111 Å². The van der Waals surface area contributed by atoms with Crippen LogP contribution in [0.25, 0.3) is 0 Å². The van der Waals surface area contributed by atoms with Gasteiger partial charge in [-0.1, -0.05) is 20.8 Å². The van der Waals surface area contributed by atoms with Gasteiger partial charge in [0.2, 0.25) is 0 Å². The number of benzene rings is 1. The van der Waals surface area contributed by atoms with Crippen LogP contribution >= 0.6 is 0 Å². The highest BCUT2D eigenvalue weighted by atomic mass is 16.6. The van der Waals surface area contributed by atoms with E-state index in [1.54, 1.807) is 13.0 Å². The van der Waals surface area contributed by atoms with E-state index in [2.05, 4.69) is 0 Å². The van der Waals surface area contributed by atoms with Crippen molar-refractivity contribution in [2.75, 3.05) is 0 Å². The summed E-state index contributed by atoms with van der Waals surface area (Å²) in [4.78, 5) is 21.2. The van der Waals surface area contributed by atoms with Gasteiger partial charge < -0.3 is 0 Å². The second-order valence-electron chi connectivity index (χ2n) is 5.31. The Kier molecular flexibility index (Phi) is 3.93. The Morgan fingerprint density at radius 2 is 1.58 bits per heavy atom. The van der Waals surface area contributed by atoms with E-state index in [0.29, 0.717) is 17.5 Å². The van der Waals surface area contributed by atoms with E-state index in [1.165, 1.54) is 6.92 Å². The molecule has 0 spiro atoms. The molecule has 0 aromatic heterocycles. The molecule has 0 radical (unpaired) electrons. The summed E-state index contributed by atoms with van der Waals surface area (Å²) >= 11 is 0. The molecule has 0 amide bonds. The molecule has 19 heavy (non-hydrogen) atoms. The topological polar surface area (TPSA) is 86.3 Å². The highest BCUT2D eigenvalue weighted by Crippen LogP contribution is 2.41. The summed E-state index contributed by atoms with van der Waals surface area (Å²) < 4.78 is 0. The summed E-state index contributed by atoms with van der Waals surface area (Å²) in [6.07, 6.45) is 0.713. The van der Waals surface area contributed by atoms with Crippen LogP contribution < -0.4 is 0 Å². The minimum Gasteiger partial charge on any atom is -0.258 e. The van der Waals surface area contributed by atoms with Crippen LogP contribution in [0.5, 0.6) is 0 Å². The zero-order chi connectivity index (χ0) is 15.0. The molecule has 6 heteroatoms. The minimum atomic E-state index is -0.555. The first-order chi connectivity index (χ1) is 8.63. The molecular weight excluding hydrogens is 248 g/mol. The molecule has 1 aromatic rings. The molecule has 0 atom stereocenters. The summed E-state index contributed by atoms with van der Waals surface area (Å²) in [6.45, 7) is 8.80. The quantitative estimate of drug-likeness (QED) is 0.612. The van der Waals surface area contributed by atoms with Crippen LogP contribution in [0, 0.1) is 34.1 Å². The van der Waals surface area contributed by atoms with Crippen molar-refractivity contribution in [3.63, 3.8) is 0 Å². The number of nitro groups is 2. The molecule has 0 N–H and O–H groups in total. The van der Waals surface area contributed by atoms with Crippen LogP contribution in [-0.2, 0) is 5.41 Å². The van der Waals surface area contributed by atoms with Crippen molar-refractivity contribution in [1.29, 1.82) is 0 Å². The Balaban J connectivity index is 3.77. The van der Waals surface area contributed by atoms with Gasteiger partial charge in [-0.3, -0.25) is 20.2 Å². The molecule has 0 unspecified atom stereocenters. The van der Waals surface area contributed by atoms with Crippen LogP contribution in [0.3, 0.4) is 0 Å². The monoisotopic (exact) mass is 266 g/mol. The van der Waals surface area contributed by atoms with Crippen molar-refractivity contribution in [3.8, 4) is 0 Å². The lowest BCUT2D eigenvalue weighted by Gasteiger charge is -2.24. The van der Waals surface area contributed by atoms with Gasteiger partial charge in [-0.05, 0) is 31.7 Å². The van der Waals surface area contributed by atoms with Gasteiger partial charge in [-0.25, -0.2) is 0 Å². The molecular formula is C13H18N2O4. The maximum absolute atomic E-state index is 11.3. The van der Waals surface area contributed by atoms with Gasteiger partial charge in [0.15, 0.2) is 0 Å². The largest absolute Gasteiger partial charge is 0.282 e. The Hall–Kier alpha value is -1.98. The second kappa shape index (κ2) is 4.95. The van der Waals surface area contributed by atoms with E-state index in [0.717, 1.165) is 0 Å². The van der Waals surface area contributed by atoms with Crippen molar-refractivity contribution in [2.45, 2.75) is 46.5 Å². The van der Waals surface area contributed by atoms with E-state index in [-0.39, 0.29) is 16.9 Å². The third-order valence-corrected chi connectivity index (χ3v) is 3.68. The smallest absolute Gasteiger partial charge is 0.258 e. The van der Waals surface area contributed by atoms with Crippen molar-refractivity contribution >= 4 is 11.4 Å². The molecule has 0 heterocycles. The zero-order valence-electron chi connectivity index (χ0n) is 11.8. The molecule has 0 bridgehead atoms. The Bertz CT molecular complexity index is 550. The summed E-state index contributed by atoms with van der Waals surface area (Å²) in [5.41, 5.74) is 0.454. The van der Waals surface area contributed by atoms with E-state index >= 15 is 0 Å². The summed E-state index contributed by atoms with van der Waals surface area (Å²) in [7, 11) is 0. The summed E-state index contributed by atoms with van der Waals surface area (Å²) in [5, 5.41) is 22.3. The molecule has 0 aliphatic carbocycles. The molecule has 0 aliphatic heterocycles. The van der Waals surface area contributed by atoms with Crippen molar-refractivity contribution in [1.82, 2.24) is 0 Å². The summed E-state index contributed by atoms with van der Waals surface area (Å²) in [5.74, 6) is 0. The van der Waals surface area contributed by atoms with Gasteiger partial charge in [0.05, 0.1) is 9.85 Å². The molecule has 6 nitrogen and oxygen atoms in total. The van der Waals surface area contributed by atoms with E-state index < -0.39 is 15.3 Å². The Morgan fingerprint density at radius 1 is 1.11 bits per heavy atom. The molecule has 1 rings (SSSR count). The van der Waals surface area contributed by atoms with Gasteiger partial charge in [0, 0.05) is 11.1 Å². The molecule has 0 fully saturated rings. The van der Waals surface area contributed by atoms with E-state index in [4.69, 9.17) is 0 Å². The van der Waals surface area contributed by atoms with Crippen LogP contribution in [0.15, 0.2) is 6.07 Å². The maximum atomic E-state index is 11.3. The number of rotatable bonds is 4. The number of hydrogen-bond donors (Lipinski definition) is 0. The fourth-order valence-electron chi connectivity index (χ4n) is 2.19. The Morgan fingerprint density at radius 3 is 1.95 bits per heavy atom. The van der Waals surface area contributed by atoms with Crippen LogP contribution in [0.4, 0.5) is 11.4 Å². The van der Waals surface area contributed by atoms with Gasteiger partial charge in [0.25, 0.3) is 11.4 Å². The predicted octanol–water partition coefficient (Wildman–Crippen LogP) is 3.81. The zero-order valence-corrected chi connectivity index (χ0v) is 11.8. The predicted molar refractivity (Wildman–Crippen MR) is 72.5 cm³/mol. The molecule has 0 aliphatic rings. The van der Waals surface area contributed by atoms with Crippen molar-refractivity contribution < 1.29 is 9.85 Å². The third-order valence-electron chi connectivity index (χ3n) is 3.68. The third kappa shape index (κ3) is 2.57. The molecule has 0 saturated heterocycles. The highest BCUT2D eigenvalue weighted by molar-refractivity contribution is 5.63. The number of aryl methyl sites for hydroxylation is 1. The molecule has 0 saturated carbocycles. The SMILES string of the molecule is CCC(C)(C)c1cc(C)c([N+](=O)[O-])c(C)c1[N+](=O)[O-]. The first kappa shape index (κ1) is 15.1. The average Bonchev–Trinajstić information content (AvgIpc) is 2.26. The van der Waals surface area contributed by atoms with Crippen LogP contribution in [0.2, 0.25) is 0 Å². The van der Waals surface area contributed by atoms with Crippen LogP contribution in [0.1, 0.15) is 43.9 Å².